The lowest BCUT2D eigenvalue weighted by molar-refractivity contribution is -0.109. The Kier molecular flexibility index (Phi) is 3.07. The smallest absolute Gasteiger partial charge is 0.128 e. The number of hydrogen-bond acceptors (Lipinski definition) is 1. The van der Waals surface area contributed by atoms with Crippen molar-refractivity contribution in [2.45, 2.75) is 23.6 Å². The van der Waals surface area contributed by atoms with Gasteiger partial charge in [-0.05, 0) is 36.1 Å². The lowest BCUT2D eigenvalue weighted by atomic mass is 9.84. The molecule has 1 aromatic rings. The fourth-order valence-electron chi connectivity index (χ4n) is 1.94. The number of benzene rings is 1. The number of rotatable bonds is 1. The number of carbonyl (C=O) groups excluding carboxylic acids is 1. The number of aldehydes is 1. The van der Waals surface area contributed by atoms with Crippen LogP contribution in [-0.4, -0.2) is 11.1 Å². The molecule has 0 amide bonds. The normalized spacial score (nSPS) is 25.6. The van der Waals surface area contributed by atoms with E-state index < -0.39 is 0 Å². The van der Waals surface area contributed by atoms with E-state index in [1.165, 1.54) is 11.1 Å². The van der Waals surface area contributed by atoms with Crippen LogP contribution in [0.25, 0.3) is 0 Å². The molecule has 14 heavy (non-hydrogen) atoms. The second-order valence-electron chi connectivity index (χ2n) is 3.56. The highest BCUT2D eigenvalue weighted by molar-refractivity contribution is 9.10. The van der Waals surface area contributed by atoms with E-state index in [9.17, 15) is 4.79 Å². The fraction of sp³-hybridized carbons (Fsp3) is 0.364. The van der Waals surface area contributed by atoms with Gasteiger partial charge in [0.05, 0.1) is 5.92 Å². The number of aryl methyl sites for hydroxylation is 1. The van der Waals surface area contributed by atoms with Gasteiger partial charge in [-0.15, -0.1) is 0 Å². The number of hydrogen-bond donors (Lipinski definition) is 0. The highest BCUT2D eigenvalue weighted by Crippen LogP contribution is 2.35. The number of fused-ring (bicyclic) bond motifs is 1. The van der Waals surface area contributed by atoms with Crippen molar-refractivity contribution in [3.63, 3.8) is 0 Å². The molecular formula is C11H10Br2O. The van der Waals surface area contributed by atoms with Gasteiger partial charge < -0.3 is 4.79 Å². The molecular weight excluding hydrogens is 308 g/mol. The fourth-order valence-corrected chi connectivity index (χ4v) is 2.99. The summed E-state index contributed by atoms with van der Waals surface area (Å²) in [5, 5.41) is 0. The van der Waals surface area contributed by atoms with Crippen molar-refractivity contribution in [3.8, 4) is 0 Å². The lowest BCUT2D eigenvalue weighted by Gasteiger charge is -2.26. The third kappa shape index (κ3) is 1.80. The second-order valence-corrected chi connectivity index (χ2v) is 5.65. The van der Waals surface area contributed by atoms with Crippen molar-refractivity contribution < 1.29 is 4.79 Å². The molecule has 1 aromatic carbocycles. The molecule has 2 rings (SSSR count). The van der Waals surface area contributed by atoms with Gasteiger partial charge in [-0.2, -0.15) is 0 Å². The zero-order valence-electron chi connectivity index (χ0n) is 7.54. The van der Waals surface area contributed by atoms with Gasteiger partial charge in [0.2, 0.25) is 0 Å². The molecule has 2 unspecified atom stereocenters. The summed E-state index contributed by atoms with van der Waals surface area (Å²) in [5.74, 6) is 0.0202. The maximum Gasteiger partial charge on any atom is 0.128 e. The van der Waals surface area contributed by atoms with E-state index in [2.05, 4.69) is 37.9 Å². The van der Waals surface area contributed by atoms with Crippen LogP contribution in [0.4, 0.5) is 0 Å². The summed E-state index contributed by atoms with van der Waals surface area (Å²) in [7, 11) is 0. The Labute approximate surface area is 100 Å². The Morgan fingerprint density at radius 1 is 1.43 bits per heavy atom. The molecule has 0 aromatic heterocycles. The zero-order chi connectivity index (χ0) is 10.1. The highest BCUT2D eigenvalue weighted by atomic mass is 79.9. The Bertz CT molecular complexity index is 362. The molecule has 0 fully saturated rings. The maximum atomic E-state index is 11.0. The van der Waals surface area contributed by atoms with Crippen molar-refractivity contribution in [3.05, 3.63) is 33.8 Å². The summed E-state index contributed by atoms with van der Waals surface area (Å²) >= 11 is 7.01. The zero-order valence-corrected chi connectivity index (χ0v) is 10.7. The van der Waals surface area contributed by atoms with Crippen molar-refractivity contribution in [2.75, 3.05) is 0 Å². The summed E-state index contributed by atoms with van der Waals surface area (Å²) in [6.07, 6.45) is 3.13. The minimum absolute atomic E-state index is 0.0202. The van der Waals surface area contributed by atoms with Gasteiger partial charge in [-0.1, -0.05) is 37.9 Å². The van der Waals surface area contributed by atoms with Crippen LogP contribution in [-0.2, 0) is 11.2 Å². The van der Waals surface area contributed by atoms with Crippen LogP contribution in [0, 0.1) is 0 Å². The molecule has 1 aliphatic rings. The molecule has 74 valence electrons. The van der Waals surface area contributed by atoms with E-state index in [4.69, 9.17) is 0 Å². The van der Waals surface area contributed by atoms with Gasteiger partial charge in [-0.25, -0.2) is 0 Å². The van der Waals surface area contributed by atoms with Gasteiger partial charge >= 0.3 is 0 Å². The van der Waals surface area contributed by atoms with Crippen molar-refractivity contribution in [2.24, 2.45) is 0 Å². The molecule has 1 nitrogen and oxygen atoms in total. The van der Waals surface area contributed by atoms with Gasteiger partial charge in [0.25, 0.3) is 0 Å². The van der Waals surface area contributed by atoms with E-state index in [0.29, 0.717) is 4.83 Å². The molecule has 0 spiro atoms. The van der Waals surface area contributed by atoms with Crippen LogP contribution in [0.15, 0.2) is 22.7 Å². The summed E-state index contributed by atoms with van der Waals surface area (Å²) < 4.78 is 1.09. The third-order valence-corrected chi connectivity index (χ3v) is 4.21. The summed E-state index contributed by atoms with van der Waals surface area (Å²) in [6, 6.07) is 6.16. The minimum Gasteiger partial charge on any atom is -0.303 e. The third-order valence-electron chi connectivity index (χ3n) is 2.69. The van der Waals surface area contributed by atoms with Crippen LogP contribution >= 0.6 is 31.9 Å². The Hall–Kier alpha value is -0.150. The Morgan fingerprint density at radius 3 is 2.93 bits per heavy atom. The second kappa shape index (κ2) is 4.15. The molecule has 2 atom stereocenters. The van der Waals surface area contributed by atoms with Crippen molar-refractivity contribution >= 4 is 38.1 Å². The molecule has 1 aliphatic carbocycles. The van der Waals surface area contributed by atoms with Gasteiger partial charge in [0.15, 0.2) is 0 Å². The summed E-state index contributed by atoms with van der Waals surface area (Å²) in [5.41, 5.74) is 2.48. The first-order valence-electron chi connectivity index (χ1n) is 4.60. The molecule has 0 radical (unpaired) electrons. The number of alkyl halides is 1. The van der Waals surface area contributed by atoms with Crippen LogP contribution < -0.4 is 0 Å². The number of halogens is 2. The molecule has 0 saturated heterocycles. The van der Waals surface area contributed by atoms with Gasteiger partial charge in [0, 0.05) is 9.30 Å². The standard InChI is InChI=1S/C11H10Br2O/c12-8-2-3-9-7(5-8)1-4-11(13)10(9)6-14/h2-3,5-6,10-11H,1,4H2. The molecule has 3 heteroatoms. The minimum atomic E-state index is 0.0202. The van der Waals surface area contributed by atoms with Gasteiger partial charge in [-0.3, -0.25) is 0 Å². The predicted octanol–water partition coefficient (Wildman–Crippen LogP) is 3.44. The van der Waals surface area contributed by atoms with E-state index in [1.807, 2.05) is 12.1 Å². The van der Waals surface area contributed by atoms with Crippen LogP contribution in [0.1, 0.15) is 23.5 Å². The van der Waals surface area contributed by atoms with Crippen molar-refractivity contribution in [1.82, 2.24) is 0 Å². The first kappa shape index (κ1) is 10.4. The van der Waals surface area contributed by atoms with E-state index in [1.54, 1.807) is 0 Å². The molecule has 0 aliphatic heterocycles. The van der Waals surface area contributed by atoms with E-state index in [0.717, 1.165) is 23.6 Å². The first-order valence-corrected chi connectivity index (χ1v) is 6.31. The highest BCUT2D eigenvalue weighted by Gasteiger charge is 2.27. The average molecular weight is 318 g/mol. The van der Waals surface area contributed by atoms with Crippen LogP contribution in [0.2, 0.25) is 0 Å². The van der Waals surface area contributed by atoms with Crippen LogP contribution in [0.3, 0.4) is 0 Å². The van der Waals surface area contributed by atoms with Crippen molar-refractivity contribution in [1.29, 1.82) is 0 Å². The monoisotopic (exact) mass is 316 g/mol. The lowest BCUT2D eigenvalue weighted by Crippen LogP contribution is -2.21. The molecule has 0 bridgehead atoms. The molecule has 0 saturated carbocycles. The van der Waals surface area contributed by atoms with Crippen LogP contribution in [0.5, 0.6) is 0 Å². The molecule has 0 heterocycles. The topological polar surface area (TPSA) is 17.1 Å². The SMILES string of the molecule is O=CC1c2ccc(Br)cc2CCC1Br. The molecule has 0 N–H and O–H groups in total. The van der Waals surface area contributed by atoms with E-state index >= 15 is 0 Å². The summed E-state index contributed by atoms with van der Waals surface area (Å²) in [4.78, 5) is 11.3. The number of carbonyl (C=O) groups is 1. The quantitative estimate of drug-likeness (QED) is 0.573. The maximum absolute atomic E-state index is 11.0. The van der Waals surface area contributed by atoms with E-state index in [-0.39, 0.29) is 5.92 Å². The Balaban J connectivity index is 2.46. The first-order chi connectivity index (χ1) is 6.72. The Morgan fingerprint density at radius 2 is 2.21 bits per heavy atom. The predicted molar refractivity (Wildman–Crippen MR) is 64.0 cm³/mol. The summed E-state index contributed by atoms with van der Waals surface area (Å²) in [6.45, 7) is 0. The van der Waals surface area contributed by atoms with Gasteiger partial charge in [0.1, 0.15) is 6.29 Å². The largest absolute Gasteiger partial charge is 0.303 e. The average Bonchev–Trinajstić information content (AvgIpc) is 2.18.